The summed E-state index contributed by atoms with van der Waals surface area (Å²) in [5, 5.41) is 10.7. The van der Waals surface area contributed by atoms with Crippen molar-refractivity contribution in [2.45, 2.75) is 12.5 Å². The maximum atomic E-state index is 9.78. The summed E-state index contributed by atoms with van der Waals surface area (Å²) in [5.41, 5.74) is 5.41. The number of thiazole rings is 1. The highest BCUT2D eigenvalue weighted by molar-refractivity contribution is 7.15. The van der Waals surface area contributed by atoms with Crippen molar-refractivity contribution < 1.29 is 9.84 Å². The molecule has 90 valence electrons. The molecular formula is C10H17N3O2S. The van der Waals surface area contributed by atoms with E-state index in [4.69, 9.17) is 10.5 Å². The first-order chi connectivity index (χ1) is 7.81. The van der Waals surface area contributed by atoms with Gasteiger partial charge in [0.15, 0.2) is 5.13 Å². The van der Waals surface area contributed by atoms with Gasteiger partial charge in [-0.25, -0.2) is 4.98 Å². The van der Waals surface area contributed by atoms with Crippen LogP contribution in [0.3, 0.4) is 0 Å². The Hall–Kier alpha value is -0.690. The summed E-state index contributed by atoms with van der Waals surface area (Å²) in [4.78, 5) is 7.41. The third kappa shape index (κ3) is 2.70. The molecule has 6 heteroatoms. The van der Waals surface area contributed by atoms with Crippen LogP contribution in [0, 0.1) is 0 Å². The highest BCUT2D eigenvalue weighted by Gasteiger charge is 2.17. The Morgan fingerprint density at radius 1 is 1.56 bits per heavy atom. The minimum absolute atomic E-state index is 0.475. The van der Waals surface area contributed by atoms with Crippen LogP contribution in [-0.2, 0) is 4.74 Å². The second-order valence-electron chi connectivity index (χ2n) is 3.74. The van der Waals surface area contributed by atoms with E-state index in [1.54, 1.807) is 17.5 Å². The molecule has 1 aromatic heterocycles. The molecule has 0 aromatic carbocycles. The summed E-state index contributed by atoms with van der Waals surface area (Å²) in [6.07, 6.45) is 1.86. The lowest BCUT2D eigenvalue weighted by Crippen LogP contribution is -2.36. The predicted octanol–water partition coefficient (Wildman–Crippen LogP) is 0.362. The second kappa shape index (κ2) is 5.58. The molecule has 1 saturated heterocycles. The molecule has 0 saturated carbocycles. The van der Waals surface area contributed by atoms with Crippen LogP contribution in [0.15, 0.2) is 6.20 Å². The fraction of sp³-hybridized carbons (Fsp3) is 0.700. The van der Waals surface area contributed by atoms with E-state index >= 15 is 0 Å². The third-order valence-electron chi connectivity index (χ3n) is 2.56. The zero-order valence-electron chi connectivity index (χ0n) is 9.13. The van der Waals surface area contributed by atoms with Gasteiger partial charge in [-0.05, 0) is 13.0 Å². The van der Waals surface area contributed by atoms with Crippen LogP contribution >= 0.6 is 11.3 Å². The topological polar surface area (TPSA) is 71.6 Å². The molecule has 0 aliphatic carbocycles. The Balaban J connectivity index is 2.00. The molecule has 1 aliphatic rings. The molecule has 16 heavy (non-hydrogen) atoms. The minimum Gasteiger partial charge on any atom is -0.387 e. The molecule has 0 spiro atoms. The van der Waals surface area contributed by atoms with Gasteiger partial charge < -0.3 is 20.5 Å². The van der Waals surface area contributed by atoms with E-state index in [0.717, 1.165) is 36.3 Å². The van der Waals surface area contributed by atoms with Crippen LogP contribution in [0.2, 0.25) is 0 Å². The number of anilines is 1. The number of hydrogen-bond donors (Lipinski definition) is 2. The standard InChI is InChI=1S/C10H17N3O2S/c11-2-1-8(14)9-7-12-10(16-9)13-3-5-15-6-4-13/h7-8,14H,1-6,11H2/t8-/m0/s1. The zero-order chi connectivity index (χ0) is 11.4. The average Bonchev–Trinajstić information content (AvgIpc) is 2.80. The predicted molar refractivity (Wildman–Crippen MR) is 63.8 cm³/mol. The molecule has 1 fully saturated rings. The Morgan fingerprint density at radius 3 is 3.00 bits per heavy atom. The van der Waals surface area contributed by atoms with Gasteiger partial charge in [0.1, 0.15) is 0 Å². The van der Waals surface area contributed by atoms with Gasteiger partial charge in [-0.3, -0.25) is 0 Å². The second-order valence-corrected chi connectivity index (χ2v) is 4.78. The molecule has 0 amide bonds. The number of hydrogen-bond acceptors (Lipinski definition) is 6. The quantitative estimate of drug-likeness (QED) is 0.799. The number of rotatable bonds is 4. The summed E-state index contributed by atoms with van der Waals surface area (Å²) < 4.78 is 5.28. The highest BCUT2D eigenvalue weighted by Crippen LogP contribution is 2.28. The highest BCUT2D eigenvalue weighted by atomic mass is 32.1. The molecule has 1 aromatic rings. The van der Waals surface area contributed by atoms with Crippen LogP contribution in [-0.4, -0.2) is 42.9 Å². The van der Waals surface area contributed by atoms with Crippen molar-refractivity contribution >= 4 is 16.5 Å². The van der Waals surface area contributed by atoms with Gasteiger partial charge in [0.2, 0.25) is 0 Å². The number of aromatic nitrogens is 1. The summed E-state index contributed by atoms with van der Waals surface area (Å²) >= 11 is 1.54. The Morgan fingerprint density at radius 2 is 2.31 bits per heavy atom. The van der Waals surface area contributed by atoms with Crippen molar-refractivity contribution in [2.24, 2.45) is 5.73 Å². The van der Waals surface area contributed by atoms with E-state index < -0.39 is 6.10 Å². The SMILES string of the molecule is NCC[C@H](O)c1cnc(N2CCOCC2)s1. The first-order valence-corrected chi connectivity index (χ1v) is 6.29. The smallest absolute Gasteiger partial charge is 0.185 e. The molecule has 5 nitrogen and oxygen atoms in total. The van der Waals surface area contributed by atoms with Crippen LogP contribution in [0.25, 0.3) is 0 Å². The van der Waals surface area contributed by atoms with Gasteiger partial charge >= 0.3 is 0 Å². The van der Waals surface area contributed by atoms with E-state index in [-0.39, 0.29) is 0 Å². The first kappa shape index (κ1) is 11.8. The third-order valence-corrected chi connectivity index (χ3v) is 3.72. The minimum atomic E-state index is -0.475. The fourth-order valence-electron chi connectivity index (χ4n) is 1.63. The number of morpholine rings is 1. The van der Waals surface area contributed by atoms with Crippen LogP contribution in [0.4, 0.5) is 5.13 Å². The monoisotopic (exact) mass is 243 g/mol. The molecule has 0 bridgehead atoms. The summed E-state index contributed by atoms with van der Waals surface area (Å²) in [5.74, 6) is 0. The van der Waals surface area contributed by atoms with Gasteiger partial charge in [-0.1, -0.05) is 11.3 Å². The van der Waals surface area contributed by atoms with Crippen molar-refractivity contribution in [3.63, 3.8) is 0 Å². The van der Waals surface area contributed by atoms with Crippen molar-refractivity contribution in [1.29, 1.82) is 0 Å². The Bertz CT molecular complexity index is 326. The van der Waals surface area contributed by atoms with Gasteiger partial charge in [-0.15, -0.1) is 0 Å². The van der Waals surface area contributed by atoms with Crippen LogP contribution < -0.4 is 10.6 Å². The van der Waals surface area contributed by atoms with E-state index in [1.807, 2.05) is 0 Å². The maximum Gasteiger partial charge on any atom is 0.185 e. The average molecular weight is 243 g/mol. The molecule has 0 unspecified atom stereocenters. The van der Waals surface area contributed by atoms with Crippen LogP contribution in [0.1, 0.15) is 17.4 Å². The number of aliphatic hydroxyl groups is 1. The molecule has 1 aliphatic heterocycles. The molecule has 1 atom stereocenters. The lowest BCUT2D eigenvalue weighted by atomic mass is 10.2. The van der Waals surface area contributed by atoms with Crippen molar-refractivity contribution in [1.82, 2.24) is 4.98 Å². The lowest BCUT2D eigenvalue weighted by molar-refractivity contribution is 0.122. The number of nitrogens with two attached hydrogens (primary N) is 1. The van der Waals surface area contributed by atoms with Crippen molar-refractivity contribution in [3.8, 4) is 0 Å². The van der Waals surface area contributed by atoms with Gasteiger partial charge in [0.05, 0.1) is 24.2 Å². The molecule has 2 heterocycles. The molecule has 2 rings (SSSR count). The van der Waals surface area contributed by atoms with Gasteiger partial charge in [-0.2, -0.15) is 0 Å². The Labute approximate surface area is 98.8 Å². The number of nitrogens with zero attached hydrogens (tertiary/aromatic N) is 2. The van der Waals surface area contributed by atoms with Gasteiger partial charge in [0, 0.05) is 19.3 Å². The lowest BCUT2D eigenvalue weighted by Gasteiger charge is -2.26. The normalized spacial score (nSPS) is 18.8. The summed E-state index contributed by atoms with van der Waals surface area (Å²) in [6, 6.07) is 0. The van der Waals surface area contributed by atoms with E-state index in [2.05, 4.69) is 9.88 Å². The first-order valence-electron chi connectivity index (χ1n) is 5.48. The Kier molecular flexibility index (Phi) is 4.11. The summed E-state index contributed by atoms with van der Waals surface area (Å²) in [7, 11) is 0. The van der Waals surface area contributed by atoms with Gasteiger partial charge in [0.25, 0.3) is 0 Å². The molecule has 3 N–H and O–H groups in total. The van der Waals surface area contributed by atoms with E-state index in [0.29, 0.717) is 13.0 Å². The summed E-state index contributed by atoms with van der Waals surface area (Å²) in [6.45, 7) is 3.74. The van der Waals surface area contributed by atoms with E-state index in [9.17, 15) is 5.11 Å². The number of ether oxygens (including phenoxy) is 1. The largest absolute Gasteiger partial charge is 0.387 e. The molecule has 0 radical (unpaired) electrons. The zero-order valence-corrected chi connectivity index (χ0v) is 9.95. The maximum absolute atomic E-state index is 9.78. The molecular weight excluding hydrogens is 226 g/mol. The van der Waals surface area contributed by atoms with Crippen LogP contribution in [0.5, 0.6) is 0 Å². The van der Waals surface area contributed by atoms with Crippen molar-refractivity contribution in [2.75, 3.05) is 37.7 Å². The van der Waals surface area contributed by atoms with Crippen molar-refractivity contribution in [3.05, 3.63) is 11.1 Å². The fourth-order valence-corrected chi connectivity index (χ4v) is 2.62. The van der Waals surface area contributed by atoms with E-state index in [1.165, 1.54) is 0 Å². The number of aliphatic hydroxyl groups excluding tert-OH is 1.